The molecule has 0 radical (unpaired) electrons. The van der Waals surface area contributed by atoms with Gasteiger partial charge in [-0.2, -0.15) is 35.1 Å². The molecule has 0 saturated heterocycles. The lowest BCUT2D eigenvalue weighted by molar-refractivity contribution is -0.266. The van der Waals surface area contributed by atoms with E-state index in [1.54, 1.807) is 45.7 Å². The first kappa shape index (κ1) is 25.7. The van der Waals surface area contributed by atoms with Gasteiger partial charge in [0.15, 0.2) is 0 Å². The van der Waals surface area contributed by atoms with Crippen molar-refractivity contribution in [2.75, 3.05) is 0 Å². The molecule has 12 heteroatoms. The van der Waals surface area contributed by atoms with Crippen LogP contribution >= 0.6 is 31.9 Å². The van der Waals surface area contributed by atoms with Gasteiger partial charge in [0.25, 0.3) is 0 Å². The SMILES string of the molecule is CC(C)(c1ccc(OC(F)(F)C(F)(F)Br)cc1)c1ccc(OC(F)(F)C(F)(F)Br)cc1. The number of alkyl halides is 10. The van der Waals surface area contributed by atoms with Gasteiger partial charge in [-0.15, -0.1) is 0 Å². The Morgan fingerprint density at radius 2 is 0.806 bits per heavy atom. The Kier molecular flexibility index (Phi) is 6.98. The van der Waals surface area contributed by atoms with Crippen LogP contribution in [0.15, 0.2) is 48.5 Å². The van der Waals surface area contributed by atoms with Gasteiger partial charge in [-0.3, -0.25) is 0 Å². The van der Waals surface area contributed by atoms with Crippen molar-refractivity contribution in [2.24, 2.45) is 0 Å². The summed E-state index contributed by atoms with van der Waals surface area (Å²) in [5.74, 6) is -1.02. The maximum atomic E-state index is 13.3. The van der Waals surface area contributed by atoms with Crippen LogP contribution in [0.3, 0.4) is 0 Å². The molecule has 31 heavy (non-hydrogen) atoms. The summed E-state index contributed by atoms with van der Waals surface area (Å²) in [7, 11) is 0. The molecular formula is C19H14Br2F8O2. The van der Waals surface area contributed by atoms with Crippen LogP contribution in [0.5, 0.6) is 11.5 Å². The van der Waals surface area contributed by atoms with Crippen LogP contribution in [0.25, 0.3) is 0 Å². The number of halogens is 10. The molecule has 2 aromatic carbocycles. The van der Waals surface area contributed by atoms with Crippen molar-refractivity contribution < 1.29 is 44.6 Å². The molecule has 0 bridgehead atoms. The largest absolute Gasteiger partial charge is 0.475 e. The van der Waals surface area contributed by atoms with E-state index < -0.39 is 38.8 Å². The van der Waals surface area contributed by atoms with Crippen molar-refractivity contribution in [3.8, 4) is 11.5 Å². The van der Waals surface area contributed by atoms with Gasteiger partial charge in [-0.1, -0.05) is 38.1 Å². The van der Waals surface area contributed by atoms with E-state index in [0.717, 1.165) is 24.3 Å². The fraction of sp³-hybridized carbons (Fsp3) is 0.368. The molecule has 172 valence electrons. The second kappa shape index (κ2) is 8.42. The normalized spacial score (nSPS) is 13.8. The quantitative estimate of drug-likeness (QED) is 0.231. The maximum Gasteiger partial charge on any atom is 0.475 e. The van der Waals surface area contributed by atoms with Crippen LogP contribution in [0.4, 0.5) is 35.1 Å². The van der Waals surface area contributed by atoms with Crippen molar-refractivity contribution >= 4 is 31.9 Å². The number of hydrogen-bond donors (Lipinski definition) is 0. The highest BCUT2D eigenvalue weighted by Crippen LogP contribution is 2.42. The number of ether oxygens (including phenoxy) is 2. The molecule has 2 aromatic rings. The van der Waals surface area contributed by atoms with E-state index in [-0.39, 0.29) is 0 Å². The zero-order chi connectivity index (χ0) is 23.9. The lowest BCUT2D eigenvalue weighted by Gasteiger charge is -2.27. The lowest BCUT2D eigenvalue weighted by atomic mass is 9.78. The number of rotatable bonds is 8. The molecule has 0 unspecified atom stereocenters. The minimum absolute atomic E-state index is 0.509. The van der Waals surface area contributed by atoms with Crippen LogP contribution in [-0.4, -0.2) is 21.9 Å². The molecule has 0 fully saturated rings. The smallest absolute Gasteiger partial charge is 0.427 e. The summed E-state index contributed by atoms with van der Waals surface area (Å²) in [6.07, 6.45) is -9.57. The minimum atomic E-state index is -4.78. The molecule has 0 aliphatic rings. The van der Waals surface area contributed by atoms with E-state index in [1.807, 2.05) is 0 Å². The van der Waals surface area contributed by atoms with E-state index in [2.05, 4.69) is 9.47 Å². The molecule has 2 rings (SSSR count). The number of hydrogen-bond acceptors (Lipinski definition) is 2. The van der Waals surface area contributed by atoms with Crippen molar-refractivity contribution in [2.45, 2.75) is 41.1 Å². The van der Waals surface area contributed by atoms with Crippen LogP contribution < -0.4 is 9.47 Å². The Bertz CT molecular complexity index is 816. The van der Waals surface area contributed by atoms with E-state index in [4.69, 9.17) is 0 Å². The molecule has 0 N–H and O–H groups in total. The van der Waals surface area contributed by atoms with Gasteiger partial charge < -0.3 is 9.47 Å². The maximum absolute atomic E-state index is 13.3. The Morgan fingerprint density at radius 1 is 0.548 bits per heavy atom. The Hall–Kier alpha value is -1.56. The first-order chi connectivity index (χ1) is 13.9. The molecule has 0 atom stereocenters. The molecule has 0 amide bonds. The average molecular weight is 586 g/mol. The van der Waals surface area contributed by atoms with Crippen LogP contribution in [-0.2, 0) is 5.41 Å². The predicted octanol–water partition coefficient (Wildman–Crippen LogP) is 7.93. The van der Waals surface area contributed by atoms with Gasteiger partial charge in [-0.05, 0) is 35.4 Å². The van der Waals surface area contributed by atoms with Crippen LogP contribution in [0, 0.1) is 0 Å². The highest BCUT2D eigenvalue weighted by Gasteiger charge is 2.58. The monoisotopic (exact) mass is 584 g/mol. The lowest BCUT2D eigenvalue weighted by Crippen LogP contribution is -2.40. The summed E-state index contributed by atoms with van der Waals surface area (Å²) in [6.45, 7) is 3.42. The first-order valence-electron chi connectivity index (χ1n) is 8.35. The van der Waals surface area contributed by atoms with Gasteiger partial charge >= 0.3 is 21.9 Å². The van der Waals surface area contributed by atoms with Gasteiger partial charge in [0, 0.05) is 37.3 Å². The third kappa shape index (κ3) is 5.82. The van der Waals surface area contributed by atoms with Crippen molar-refractivity contribution in [1.82, 2.24) is 0 Å². The highest BCUT2D eigenvalue weighted by molar-refractivity contribution is 9.10. The second-order valence-corrected chi connectivity index (χ2v) is 8.90. The molecule has 0 aromatic heterocycles. The van der Waals surface area contributed by atoms with Crippen LogP contribution in [0.1, 0.15) is 25.0 Å². The first-order valence-corrected chi connectivity index (χ1v) is 9.94. The molecule has 0 spiro atoms. The predicted molar refractivity (Wildman–Crippen MR) is 104 cm³/mol. The Morgan fingerprint density at radius 3 is 1.03 bits per heavy atom. The third-order valence-electron chi connectivity index (χ3n) is 4.30. The second-order valence-electron chi connectivity index (χ2n) is 6.91. The van der Waals surface area contributed by atoms with E-state index in [9.17, 15) is 35.1 Å². The third-order valence-corrected chi connectivity index (χ3v) is 5.23. The van der Waals surface area contributed by atoms with Gasteiger partial charge in [0.2, 0.25) is 0 Å². The van der Waals surface area contributed by atoms with Crippen molar-refractivity contribution in [3.05, 3.63) is 59.7 Å². The summed E-state index contributed by atoms with van der Waals surface area (Å²) in [6, 6.07) is 9.73. The highest BCUT2D eigenvalue weighted by atomic mass is 79.9. The summed E-state index contributed by atoms with van der Waals surface area (Å²) in [4.78, 5) is -9.14. The topological polar surface area (TPSA) is 18.5 Å². The average Bonchev–Trinajstić information content (AvgIpc) is 2.60. The van der Waals surface area contributed by atoms with Gasteiger partial charge in [0.05, 0.1) is 0 Å². The zero-order valence-corrected chi connectivity index (χ0v) is 18.9. The Labute approximate surface area is 188 Å². The standard InChI is InChI=1S/C19H14Br2F8O2/c1-15(2,11-3-7-13(8-4-11)30-18(26,27)16(20,22)23)12-5-9-14(10-6-12)31-19(28,29)17(21,24)25/h3-10H,1-2H3. The summed E-state index contributed by atoms with van der Waals surface area (Å²) < 4.78 is 113. The molecule has 0 aliphatic heterocycles. The van der Waals surface area contributed by atoms with E-state index >= 15 is 0 Å². The summed E-state index contributed by atoms with van der Waals surface area (Å²) in [5.41, 5.74) is 0.278. The minimum Gasteiger partial charge on any atom is -0.427 e. The Balaban J connectivity index is 2.20. The molecule has 0 heterocycles. The molecular weight excluding hydrogens is 572 g/mol. The fourth-order valence-corrected chi connectivity index (χ4v) is 2.62. The van der Waals surface area contributed by atoms with E-state index in [0.29, 0.717) is 11.1 Å². The molecule has 0 aliphatic carbocycles. The number of benzene rings is 2. The van der Waals surface area contributed by atoms with Gasteiger partial charge in [0.1, 0.15) is 11.5 Å². The molecule has 2 nitrogen and oxygen atoms in total. The summed E-state index contributed by atoms with van der Waals surface area (Å²) in [5, 5.41) is 0. The zero-order valence-electron chi connectivity index (χ0n) is 15.7. The van der Waals surface area contributed by atoms with E-state index in [1.165, 1.54) is 24.3 Å². The fourth-order valence-electron chi connectivity index (χ4n) is 2.46. The van der Waals surface area contributed by atoms with Crippen molar-refractivity contribution in [1.29, 1.82) is 0 Å². The molecule has 0 saturated carbocycles. The van der Waals surface area contributed by atoms with Crippen molar-refractivity contribution in [3.63, 3.8) is 0 Å². The van der Waals surface area contributed by atoms with Gasteiger partial charge in [-0.25, -0.2) is 0 Å². The summed E-state index contributed by atoms with van der Waals surface area (Å²) >= 11 is 3.12. The van der Waals surface area contributed by atoms with Crippen LogP contribution in [0.2, 0.25) is 0 Å².